The number of hydrogen-bond donors (Lipinski definition) is 1. The lowest BCUT2D eigenvalue weighted by atomic mass is 10.1. The molecule has 2 rings (SSSR count). The maximum atomic E-state index is 11.4. The van der Waals surface area contributed by atoms with Gasteiger partial charge >= 0.3 is 0 Å². The summed E-state index contributed by atoms with van der Waals surface area (Å²) in [7, 11) is -3.33. The molecule has 0 saturated carbocycles. The summed E-state index contributed by atoms with van der Waals surface area (Å²) in [4.78, 5) is 4.29. The molecule has 0 spiro atoms. The first-order chi connectivity index (χ1) is 7.91. The second kappa shape index (κ2) is 4.55. The zero-order valence-electron chi connectivity index (χ0n) is 9.32. The Hall–Kier alpha value is -0.660. The normalized spacial score (nSPS) is 11.9. The predicted molar refractivity (Wildman–Crippen MR) is 75.4 cm³/mol. The highest BCUT2D eigenvalue weighted by atomic mass is 79.9. The molecule has 0 saturated heterocycles. The van der Waals surface area contributed by atoms with Crippen molar-refractivity contribution in [1.29, 1.82) is 0 Å². The molecule has 0 unspecified atom stereocenters. The van der Waals surface area contributed by atoms with Crippen LogP contribution in [0.25, 0.3) is 10.2 Å². The van der Waals surface area contributed by atoms with Crippen LogP contribution < -0.4 is 4.72 Å². The lowest BCUT2D eigenvalue weighted by molar-refractivity contribution is 0.606. The van der Waals surface area contributed by atoms with Gasteiger partial charge in [0, 0.05) is 0 Å². The summed E-state index contributed by atoms with van der Waals surface area (Å²) in [6.45, 7) is 3.98. The molecule has 17 heavy (non-hydrogen) atoms. The molecular formula is C10H11BrN2O2S2. The SMILES string of the molecule is Cc1cc(C)c2nc(NS(=O)(=O)CBr)sc2c1. The van der Waals surface area contributed by atoms with E-state index in [1.165, 1.54) is 11.3 Å². The van der Waals surface area contributed by atoms with E-state index in [4.69, 9.17) is 0 Å². The fraction of sp³-hybridized carbons (Fsp3) is 0.300. The first-order valence-electron chi connectivity index (χ1n) is 4.85. The maximum Gasteiger partial charge on any atom is 0.244 e. The van der Waals surface area contributed by atoms with Crippen molar-refractivity contribution in [1.82, 2.24) is 4.98 Å². The number of anilines is 1. The minimum atomic E-state index is -3.33. The molecule has 7 heteroatoms. The number of rotatable bonds is 3. The Labute approximate surface area is 112 Å². The molecule has 0 aliphatic rings. The van der Waals surface area contributed by atoms with Crippen LogP contribution in [0.15, 0.2) is 12.1 Å². The van der Waals surface area contributed by atoms with Gasteiger partial charge in [-0.3, -0.25) is 4.72 Å². The smallest absolute Gasteiger partial charge is 0.244 e. The number of nitrogens with one attached hydrogen (secondary N) is 1. The van der Waals surface area contributed by atoms with Gasteiger partial charge in [0.2, 0.25) is 10.0 Å². The van der Waals surface area contributed by atoms with Crippen LogP contribution in [-0.2, 0) is 10.0 Å². The molecule has 1 aromatic carbocycles. The largest absolute Gasteiger partial charge is 0.258 e. The third kappa shape index (κ3) is 2.78. The third-order valence-electron chi connectivity index (χ3n) is 2.22. The van der Waals surface area contributed by atoms with Crippen molar-refractivity contribution in [3.05, 3.63) is 23.3 Å². The van der Waals surface area contributed by atoms with E-state index in [1.807, 2.05) is 26.0 Å². The van der Waals surface area contributed by atoms with Gasteiger partial charge < -0.3 is 0 Å². The van der Waals surface area contributed by atoms with Gasteiger partial charge in [-0.25, -0.2) is 13.4 Å². The summed E-state index contributed by atoms with van der Waals surface area (Å²) >= 11 is 4.27. The minimum Gasteiger partial charge on any atom is -0.258 e. The molecule has 2 aromatic rings. The van der Waals surface area contributed by atoms with Crippen molar-refractivity contribution in [3.63, 3.8) is 0 Å². The highest BCUT2D eigenvalue weighted by molar-refractivity contribution is 9.10. The molecule has 0 atom stereocenters. The van der Waals surface area contributed by atoms with Crippen molar-refractivity contribution in [3.8, 4) is 0 Å². The summed E-state index contributed by atoms with van der Waals surface area (Å²) in [5, 5.41) is 0.410. The number of benzene rings is 1. The second-order valence-electron chi connectivity index (χ2n) is 3.77. The Morgan fingerprint density at radius 3 is 2.76 bits per heavy atom. The number of thiazole rings is 1. The number of sulfonamides is 1. The Balaban J connectivity index is 2.49. The van der Waals surface area contributed by atoms with Gasteiger partial charge in [0.05, 0.1) is 10.2 Å². The molecular weight excluding hydrogens is 324 g/mol. The van der Waals surface area contributed by atoms with E-state index >= 15 is 0 Å². The van der Waals surface area contributed by atoms with E-state index in [1.54, 1.807) is 0 Å². The maximum absolute atomic E-state index is 11.4. The fourth-order valence-electron chi connectivity index (χ4n) is 1.57. The van der Waals surface area contributed by atoms with Crippen molar-refractivity contribution < 1.29 is 8.42 Å². The van der Waals surface area contributed by atoms with Crippen LogP contribution >= 0.6 is 27.3 Å². The van der Waals surface area contributed by atoms with Crippen LogP contribution in [0, 0.1) is 13.8 Å². The van der Waals surface area contributed by atoms with E-state index < -0.39 is 10.0 Å². The monoisotopic (exact) mass is 334 g/mol. The minimum absolute atomic E-state index is 0.131. The zero-order valence-corrected chi connectivity index (χ0v) is 12.5. The molecule has 4 nitrogen and oxygen atoms in total. The van der Waals surface area contributed by atoms with Gasteiger partial charge in [-0.15, -0.1) is 0 Å². The van der Waals surface area contributed by atoms with Gasteiger partial charge in [-0.05, 0) is 31.0 Å². The molecule has 0 aliphatic heterocycles. The highest BCUT2D eigenvalue weighted by Crippen LogP contribution is 2.29. The Morgan fingerprint density at radius 2 is 2.12 bits per heavy atom. The predicted octanol–water partition coefficient (Wildman–Crippen LogP) is 3.01. The van der Waals surface area contributed by atoms with Crippen LogP contribution in [0.5, 0.6) is 0 Å². The second-order valence-corrected chi connectivity index (χ2v) is 7.83. The summed E-state index contributed by atoms with van der Waals surface area (Å²) in [5.41, 5.74) is 3.06. The number of fused-ring (bicyclic) bond motifs is 1. The Morgan fingerprint density at radius 1 is 1.41 bits per heavy atom. The van der Waals surface area contributed by atoms with E-state index in [9.17, 15) is 8.42 Å². The van der Waals surface area contributed by atoms with Gasteiger partial charge in [0.1, 0.15) is 4.66 Å². The number of aromatic nitrogens is 1. The van der Waals surface area contributed by atoms with Crippen LogP contribution in [0.2, 0.25) is 0 Å². The molecule has 1 heterocycles. The number of hydrogen-bond acceptors (Lipinski definition) is 4. The number of aryl methyl sites for hydroxylation is 2. The first-order valence-corrected chi connectivity index (χ1v) is 8.44. The van der Waals surface area contributed by atoms with Crippen LogP contribution in [-0.4, -0.2) is 18.1 Å². The number of nitrogens with zero attached hydrogens (tertiary/aromatic N) is 1. The average molecular weight is 335 g/mol. The standard InChI is InChI=1S/C10H11BrN2O2S2/c1-6-3-7(2)9-8(4-6)16-10(12-9)13-17(14,15)5-11/h3-4H,5H2,1-2H3,(H,12,13). The summed E-state index contributed by atoms with van der Waals surface area (Å²) in [6.07, 6.45) is 0. The van der Waals surface area contributed by atoms with Crippen molar-refractivity contribution in [2.45, 2.75) is 13.8 Å². The summed E-state index contributed by atoms with van der Waals surface area (Å²) in [5.74, 6) is 0. The van der Waals surface area contributed by atoms with Crippen LogP contribution in [0.3, 0.4) is 0 Å². The Kier molecular flexibility index (Phi) is 3.42. The summed E-state index contributed by atoms with van der Waals surface area (Å²) < 4.78 is 26.1. The van der Waals surface area contributed by atoms with Crippen LogP contribution in [0.1, 0.15) is 11.1 Å². The lowest BCUT2D eigenvalue weighted by Gasteiger charge is -1.98. The van der Waals surface area contributed by atoms with E-state index in [2.05, 4.69) is 25.6 Å². The van der Waals surface area contributed by atoms with Crippen LogP contribution in [0.4, 0.5) is 5.13 Å². The molecule has 0 aliphatic carbocycles. The molecule has 0 bridgehead atoms. The third-order valence-corrected chi connectivity index (χ3v) is 5.86. The number of halogens is 1. The molecule has 1 aromatic heterocycles. The quantitative estimate of drug-likeness (QED) is 0.877. The lowest BCUT2D eigenvalue weighted by Crippen LogP contribution is -2.12. The molecule has 0 fully saturated rings. The van der Waals surface area contributed by atoms with Gasteiger partial charge in [0.25, 0.3) is 0 Å². The van der Waals surface area contributed by atoms with E-state index in [0.717, 1.165) is 21.3 Å². The first kappa shape index (κ1) is 12.8. The fourth-order valence-corrected chi connectivity index (χ4v) is 3.73. The number of alkyl halides is 1. The zero-order chi connectivity index (χ0) is 12.6. The summed E-state index contributed by atoms with van der Waals surface area (Å²) in [6, 6.07) is 4.04. The average Bonchev–Trinajstić information content (AvgIpc) is 2.59. The highest BCUT2D eigenvalue weighted by Gasteiger charge is 2.12. The topological polar surface area (TPSA) is 59.1 Å². The van der Waals surface area contributed by atoms with E-state index in [0.29, 0.717) is 5.13 Å². The molecule has 92 valence electrons. The Bertz CT molecular complexity index is 664. The molecule has 1 N–H and O–H groups in total. The molecule has 0 amide bonds. The van der Waals surface area contributed by atoms with Gasteiger partial charge in [-0.2, -0.15) is 0 Å². The van der Waals surface area contributed by atoms with Crippen molar-refractivity contribution in [2.24, 2.45) is 0 Å². The van der Waals surface area contributed by atoms with Crippen molar-refractivity contribution in [2.75, 3.05) is 9.38 Å². The van der Waals surface area contributed by atoms with Crippen molar-refractivity contribution >= 4 is 52.6 Å². The molecule has 0 radical (unpaired) electrons. The van der Waals surface area contributed by atoms with Gasteiger partial charge in [-0.1, -0.05) is 33.3 Å². The van der Waals surface area contributed by atoms with E-state index in [-0.39, 0.29) is 4.66 Å². The van der Waals surface area contributed by atoms with Gasteiger partial charge in [0.15, 0.2) is 5.13 Å².